The number of nitrogens with one attached hydrogen (secondary N) is 1. The fourth-order valence-electron chi connectivity index (χ4n) is 3.76. The second kappa shape index (κ2) is 12.7. The third-order valence-electron chi connectivity index (χ3n) is 5.66. The molecule has 3 rings (SSSR count). The summed E-state index contributed by atoms with van der Waals surface area (Å²) in [6.07, 6.45) is 2.44. The molecule has 0 aliphatic carbocycles. The molecule has 194 valence electrons. The van der Waals surface area contributed by atoms with Crippen LogP contribution in [-0.4, -0.2) is 62.3 Å². The van der Waals surface area contributed by atoms with E-state index in [1.54, 1.807) is 12.1 Å². The van der Waals surface area contributed by atoms with Crippen LogP contribution in [0.3, 0.4) is 0 Å². The SMILES string of the molecule is Cc1c(C#N)c(O)n(CCOCCO)c(=O)c1N=Nc1ccccc1S(=O)(=O)NCCC1CCCO1. The summed E-state index contributed by atoms with van der Waals surface area (Å²) in [6, 6.07) is 7.80. The van der Waals surface area contributed by atoms with Gasteiger partial charge in [-0.25, -0.2) is 13.1 Å². The molecule has 0 bridgehead atoms. The van der Waals surface area contributed by atoms with Gasteiger partial charge in [0.25, 0.3) is 5.56 Å². The third kappa shape index (κ3) is 6.54. The van der Waals surface area contributed by atoms with Gasteiger partial charge in [-0.2, -0.15) is 5.26 Å². The Morgan fingerprint density at radius 1 is 1.31 bits per heavy atom. The third-order valence-corrected chi connectivity index (χ3v) is 7.17. The summed E-state index contributed by atoms with van der Waals surface area (Å²) in [5.41, 5.74) is -1.00. The lowest BCUT2D eigenvalue weighted by Crippen LogP contribution is -2.27. The normalized spacial score (nSPS) is 16.0. The van der Waals surface area contributed by atoms with E-state index in [-0.39, 0.29) is 66.4 Å². The number of aliphatic hydroxyl groups is 1. The number of sulfonamides is 1. The Labute approximate surface area is 208 Å². The van der Waals surface area contributed by atoms with E-state index in [1.807, 2.05) is 6.07 Å². The summed E-state index contributed by atoms with van der Waals surface area (Å²) >= 11 is 0. The van der Waals surface area contributed by atoms with Crippen LogP contribution in [-0.2, 0) is 26.0 Å². The number of rotatable bonds is 12. The summed E-state index contributed by atoms with van der Waals surface area (Å²) in [5, 5.41) is 36.7. The summed E-state index contributed by atoms with van der Waals surface area (Å²) in [4.78, 5) is 12.9. The maximum atomic E-state index is 13.0. The van der Waals surface area contributed by atoms with Gasteiger partial charge < -0.3 is 19.7 Å². The molecule has 1 atom stereocenters. The Bertz CT molecular complexity index is 1300. The second-order valence-electron chi connectivity index (χ2n) is 8.07. The monoisotopic (exact) mass is 519 g/mol. The first kappa shape index (κ1) is 27.4. The highest BCUT2D eigenvalue weighted by Gasteiger charge is 2.22. The van der Waals surface area contributed by atoms with Crippen molar-refractivity contribution in [2.24, 2.45) is 10.2 Å². The van der Waals surface area contributed by atoms with Gasteiger partial charge in [-0.05, 0) is 38.3 Å². The number of azo groups is 1. The van der Waals surface area contributed by atoms with Crippen LogP contribution in [0.15, 0.2) is 44.2 Å². The minimum atomic E-state index is -3.92. The predicted octanol–water partition coefficient (Wildman–Crippen LogP) is 2.01. The number of aromatic hydroxyl groups is 1. The maximum absolute atomic E-state index is 13.0. The van der Waals surface area contributed by atoms with Crippen molar-refractivity contribution in [1.29, 1.82) is 5.26 Å². The average Bonchev–Trinajstić information content (AvgIpc) is 3.37. The molecule has 36 heavy (non-hydrogen) atoms. The molecule has 1 saturated heterocycles. The molecule has 12 nitrogen and oxygen atoms in total. The number of nitriles is 1. The van der Waals surface area contributed by atoms with E-state index in [4.69, 9.17) is 14.6 Å². The molecule has 1 aromatic heterocycles. The van der Waals surface area contributed by atoms with Crippen LogP contribution in [0.2, 0.25) is 0 Å². The zero-order chi connectivity index (χ0) is 26.1. The largest absolute Gasteiger partial charge is 0.493 e. The number of nitrogens with zero attached hydrogens (tertiary/aromatic N) is 4. The van der Waals surface area contributed by atoms with Gasteiger partial charge in [0.1, 0.15) is 22.2 Å². The van der Waals surface area contributed by atoms with Crippen molar-refractivity contribution in [3.8, 4) is 11.9 Å². The van der Waals surface area contributed by atoms with Gasteiger partial charge in [0, 0.05) is 18.7 Å². The van der Waals surface area contributed by atoms with Crippen molar-refractivity contribution in [1.82, 2.24) is 9.29 Å². The lowest BCUT2D eigenvalue weighted by molar-refractivity contribution is 0.0854. The number of pyridine rings is 1. The molecule has 1 aliphatic rings. The van der Waals surface area contributed by atoms with E-state index in [0.717, 1.165) is 17.4 Å². The molecule has 0 radical (unpaired) electrons. The molecule has 2 aromatic rings. The molecule has 0 spiro atoms. The highest BCUT2D eigenvalue weighted by molar-refractivity contribution is 7.89. The van der Waals surface area contributed by atoms with E-state index < -0.39 is 21.5 Å². The van der Waals surface area contributed by atoms with Gasteiger partial charge in [-0.3, -0.25) is 9.36 Å². The minimum absolute atomic E-state index is 0.00279. The molecular formula is C23H29N5O7S. The number of hydrogen-bond donors (Lipinski definition) is 3. The zero-order valence-corrected chi connectivity index (χ0v) is 20.7. The van der Waals surface area contributed by atoms with Gasteiger partial charge in [0.15, 0.2) is 5.69 Å². The van der Waals surface area contributed by atoms with Crippen molar-refractivity contribution in [2.75, 3.05) is 33.0 Å². The second-order valence-corrected chi connectivity index (χ2v) is 9.80. The van der Waals surface area contributed by atoms with Crippen LogP contribution in [0.1, 0.15) is 30.4 Å². The van der Waals surface area contributed by atoms with Gasteiger partial charge in [0.05, 0.1) is 32.5 Å². The molecule has 1 aliphatic heterocycles. The molecule has 1 fully saturated rings. The maximum Gasteiger partial charge on any atom is 0.281 e. The first-order valence-corrected chi connectivity index (χ1v) is 13.0. The molecule has 0 saturated carbocycles. The van der Waals surface area contributed by atoms with E-state index in [2.05, 4.69) is 15.0 Å². The van der Waals surface area contributed by atoms with Gasteiger partial charge >= 0.3 is 0 Å². The zero-order valence-electron chi connectivity index (χ0n) is 19.9. The molecule has 0 amide bonds. The first-order valence-electron chi connectivity index (χ1n) is 11.5. The Morgan fingerprint density at radius 3 is 2.78 bits per heavy atom. The fraction of sp³-hybridized carbons (Fsp3) is 0.478. The first-order chi connectivity index (χ1) is 17.3. The number of hydrogen-bond acceptors (Lipinski definition) is 10. The quantitative estimate of drug-likeness (QED) is 0.282. The summed E-state index contributed by atoms with van der Waals surface area (Å²) in [6.45, 7) is 2.07. The summed E-state index contributed by atoms with van der Waals surface area (Å²) < 4.78 is 40.0. The van der Waals surface area contributed by atoms with Crippen molar-refractivity contribution < 1.29 is 28.1 Å². The lowest BCUT2D eigenvalue weighted by atomic mass is 10.1. The topological polar surface area (TPSA) is 176 Å². The van der Waals surface area contributed by atoms with Crippen LogP contribution < -0.4 is 10.3 Å². The van der Waals surface area contributed by atoms with Crippen LogP contribution in [0.5, 0.6) is 5.88 Å². The summed E-state index contributed by atoms with van der Waals surface area (Å²) in [7, 11) is -3.92. The number of benzene rings is 1. The number of aromatic nitrogens is 1. The van der Waals surface area contributed by atoms with Gasteiger partial charge in [-0.15, -0.1) is 10.2 Å². The van der Waals surface area contributed by atoms with Gasteiger partial charge in [-0.1, -0.05) is 12.1 Å². The smallest absolute Gasteiger partial charge is 0.281 e. The van der Waals surface area contributed by atoms with Crippen molar-refractivity contribution >= 4 is 21.4 Å². The standard InChI is InChI=1S/C23H29N5O7S/c1-16-18(15-24)22(30)28(10-13-34-14-11-29)23(31)21(16)27-26-19-6-2-3-7-20(19)36(32,33)25-9-8-17-5-4-12-35-17/h2-3,6-7,17,25,29-30H,4-5,8-14H2,1H3. The summed E-state index contributed by atoms with van der Waals surface area (Å²) in [5.74, 6) is -0.537. The predicted molar refractivity (Wildman–Crippen MR) is 129 cm³/mol. The Balaban J connectivity index is 1.89. The number of ether oxygens (including phenoxy) is 2. The van der Waals surface area contributed by atoms with Crippen LogP contribution >= 0.6 is 0 Å². The molecular weight excluding hydrogens is 490 g/mol. The molecule has 1 unspecified atom stereocenters. The van der Waals surface area contributed by atoms with E-state index >= 15 is 0 Å². The highest BCUT2D eigenvalue weighted by Crippen LogP contribution is 2.29. The van der Waals surface area contributed by atoms with Gasteiger partial charge in [0.2, 0.25) is 15.9 Å². The van der Waals surface area contributed by atoms with Crippen LogP contribution in [0.25, 0.3) is 0 Å². The minimum Gasteiger partial charge on any atom is -0.493 e. The Morgan fingerprint density at radius 2 is 2.08 bits per heavy atom. The molecule has 3 N–H and O–H groups in total. The lowest BCUT2D eigenvalue weighted by Gasteiger charge is -2.13. The Hall–Kier alpha value is -3.15. The van der Waals surface area contributed by atoms with Crippen molar-refractivity contribution in [3.63, 3.8) is 0 Å². The molecule has 2 heterocycles. The molecule has 13 heteroatoms. The van der Waals surface area contributed by atoms with E-state index in [0.29, 0.717) is 13.0 Å². The number of aliphatic hydroxyl groups excluding tert-OH is 1. The van der Waals surface area contributed by atoms with Crippen molar-refractivity contribution in [3.05, 3.63) is 45.7 Å². The Kier molecular flexibility index (Phi) is 9.68. The van der Waals surface area contributed by atoms with Crippen LogP contribution in [0, 0.1) is 18.3 Å². The van der Waals surface area contributed by atoms with Crippen molar-refractivity contribution in [2.45, 2.75) is 43.7 Å². The van der Waals surface area contributed by atoms with E-state index in [1.165, 1.54) is 19.1 Å². The average molecular weight is 520 g/mol. The fourth-order valence-corrected chi connectivity index (χ4v) is 4.95. The molecule has 1 aromatic carbocycles. The van der Waals surface area contributed by atoms with Crippen LogP contribution in [0.4, 0.5) is 11.4 Å². The highest BCUT2D eigenvalue weighted by atomic mass is 32.2. The van der Waals surface area contributed by atoms with E-state index in [9.17, 15) is 23.6 Å².